The number of non-ortho nitro benzene ring substituents is 1. The predicted molar refractivity (Wildman–Crippen MR) is 110 cm³/mol. The highest BCUT2D eigenvalue weighted by Crippen LogP contribution is 2.56. The van der Waals surface area contributed by atoms with Gasteiger partial charge in [-0.25, -0.2) is 0 Å². The van der Waals surface area contributed by atoms with E-state index in [1.807, 2.05) is 0 Å². The molecule has 3 fully saturated rings. The maximum absolute atomic E-state index is 10.4. The van der Waals surface area contributed by atoms with Gasteiger partial charge in [-0.05, 0) is 32.7 Å². The van der Waals surface area contributed by atoms with Crippen molar-refractivity contribution in [3.8, 4) is 5.75 Å². The smallest absolute Gasteiger partial charge is 0.324 e. The number of thioether (sulfide) groups is 2. The summed E-state index contributed by atoms with van der Waals surface area (Å²) in [5.74, 6) is 1.59. The molecule has 2 atom stereocenters. The van der Waals surface area contributed by atoms with Gasteiger partial charge in [0.2, 0.25) is 0 Å². The second kappa shape index (κ2) is 8.32. The number of benzene rings is 1. The van der Waals surface area contributed by atoms with Gasteiger partial charge in [0, 0.05) is 23.6 Å². The highest BCUT2D eigenvalue weighted by atomic mass is 32.2. The van der Waals surface area contributed by atoms with Crippen molar-refractivity contribution < 1.29 is 19.9 Å². The number of piperidine rings is 1. The van der Waals surface area contributed by atoms with E-state index in [-0.39, 0.29) is 0 Å². The molecule has 0 aromatic heterocycles. The van der Waals surface area contributed by atoms with Crippen LogP contribution < -0.4 is 0 Å². The summed E-state index contributed by atoms with van der Waals surface area (Å²) in [5.41, 5.74) is -3.00. The zero-order valence-electron chi connectivity index (χ0n) is 15.6. The molecule has 2 unspecified atom stereocenters. The van der Waals surface area contributed by atoms with E-state index in [9.17, 15) is 30.3 Å². The first-order valence-corrected chi connectivity index (χ1v) is 10.9. The van der Waals surface area contributed by atoms with Crippen LogP contribution in [0, 0.1) is 30.3 Å². The van der Waals surface area contributed by atoms with E-state index in [0.29, 0.717) is 16.2 Å². The van der Waals surface area contributed by atoms with Crippen molar-refractivity contribution in [3.05, 3.63) is 42.5 Å². The zero-order valence-corrected chi connectivity index (χ0v) is 17.2. The quantitative estimate of drug-likeness (QED) is 0.541. The van der Waals surface area contributed by atoms with Crippen LogP contribution in [-0.4, -0.2) is 59.5 Å². The summed E-state index contributed by atoms with van der Waals surface area (Å²) in [7, 11) is 2.33. The molecule has 1 N–H and O–H groups in total. The molecule has 0 amide bonds. The summed E-state index contributed by atoms with van der Waals surface area (Å²) in [5, 5.41) is 40.2. The van der Waals surface area contributed by atoms with Crippen molar-refractivity contribution in [2.24, 2.45) is 0 Å². The first-order chi connectivity index (χ1) is 13.6. The highest BCUT2D eigenvalue weighted by molar-refractivity contribution is 8.21. The number of aromatic hydroxyl groups is 1. The van der Waals surface area contributed by atoms with Gasteiger partial charge in [0.05, 0.1) is 31.0 Å². The zero-order chi connectivity index (χ0) is 21.3. The molecule has 0 aliphatic carbocycles. The first-order valence-electron chi connectivity index (χ1n) is 8.93. The van der Waals surface area contributed by atoms with Gasteiger partial charge in [-0.15, -0.1) is 23.5 Å². The van der Waals surface area contributed by atoms with Crippen molar-refractivity contribution in [1.82, 2.24) is 4.90 Å². The lowest BCUT2D eigenvalue weighted by atomic mass is 10.0. The lowest BCUT2D eigenvalue weighted by molar-refractivity contribution is -0.404. The van der Waals surface area contributed by atoms with Gasteiger partial charge in [-0.2, -0.15) is 0 Å². The van der Waals surface area contributed by atoms with E-state index in [2.05, 4.69) is 35.5 Å². The molecule has 1 aromatic rings. The van der Waals surface area contributed by atoms with E-state index in [1.165, 1.54) is 37.2 Å². The monoisotopic (exact) mass is 444 g/mol. The van der Waals surface area contributed by atoms with E-state index >= 15 is 0 Å². The number of phenolic OH excluding ortho intramolecular Hbond substituents is 1. The summed E-state index contributed by atoms with van der Waals surface area (Å²) >= 11 is 4.50. The van der Waals surface area contributed by atoms with Crippen molar-refractivity contribution in [2.75, 3.05) is 18.6 Å². The average Bonchev–Trinajstić information content (AvgIpc) is 3.17. The molecule has 4 rings (SSSR count). The maximum Gasteiger partial charge on any atom is 0.324 e. The van der Waals surface area contributed by atoms with E-state index in [0.717, 1.165) is 12.1 Å². The maximum atomic E-state index is 10.4. The predicted octanol–water partition coefficient (Wildman–Crippen LogP) is 3.54. The average molecular weight is 444 g/mol. The van der Waals surface area contributed by atoms with E-state index in [4.69, 9.17) is 5.11 Å². The van der Waals surface area contributed by atoms with Gasteiger partial charge in [0.25, 0.3) is 11.4 Å². The molecule has 2 bridgehead atoms. The Hall–Kier alpha value is -2.12. The third-order valence-electron chi connectivity index (χ3n) is 5.55. The Morgan fingerprint density at radius 2 is 1.41 bits per heavy atom. The van der Waals surface area contributed by atoms with Gasteiger partial charge in [0.1, 0.15) is 0 Å². The molecular weight excluding hydrogens is 424 g/mol. The van der Waals surface area contributed by atoms with Gasteiger partial charge in [-0.3, -0.25) is 30.3 Å². The standard InChI is InChI=1S/C10H17NS2.C6H3N3O7/c1-11-8-2-3-9(11)7-10(6-8)12-4-5-13-10;10-6-4(8(13)14)1-3(7(11)12)2-5(6)9(15)16/h8-9H,2-7H2,1H3;1-2,10H. The molecule has 11 nitrogen and oxygen atoms in total. The van der Waals surface area contributed by atoms with Crippen LogP contribution in [0.1, 0.15) is 25.7 Å². The highest BCUT2D eigenvalue weighted by Gasteiger charge is 2.48. The molecule has 29 heavy (non-hydrogen) atoms. The summed E-state index contributed by atoms with van der Waals surface area (Å²) < 4.78 is 0.651. The van der Waals surface area contributed by atoms with Crippen molar-refractivity contribution >= 4 is 40.6 Å². The summed E-state index contributed by atoms with van der Waals surface area (Å²) in [6.45, 7) is 0. The number of fused-ring (bicyclic) bond motifs is 2. The molecule has 0 saturated carbocycles. The van der Waals surface area contributed by atoms with Crippen molar-refractivity contribution in [3.63, 3.8) is 0 Å². The number of phenols is 1. The lowest BCUT2D eigenvalue weighted by Gasteiger charge is -2.42. The van der Waals surface area contributed by atoms with E-state index < -0.39 is 37.6 Å². The number of hydrogen-bond acceptors (Lipinski definition) is 10. The largest absolute Gasteiger partial charge is 0.497 e. The van der Waals surface area contributed by atoms with Crippen LogP contribution in [0.2, 0.25) is 0 Å². The number of hydrogen-bond donors (Lipinski definition) is 1. The second-order valence-corrected chi connectivity index (χ2v) is 10.4. The minimum absolute atomic E-state index is 0.447. The third-order valence-corrected chi connectivity index (χ3v) is 9.05. The molecule has 3 heterocycles. The fourth-order valence-electron chi connectivity index (χ4n) is 4.09. The molecular formula is C16H20N4O7S2. The first kappa shape index (κ1) is 21.6. The Morgan fingerprint density at radius 1 is 0.966 bits per heavy atom. The van der Waals surface area contributed by atoms with E-state index in [1.54, 1.807) is 0 Å². The van der Waals surface area contributed by atoms with Crippen LogP contribution in [-0.2, 0) is 0 Å². The van der Waals surface area contributed by atoms with Crippen LogP contribution in [0.3, 0.4) is 0 Å². The molecule has 1 spiro atoms. The van der Waals surface area contributed by atoms with Crippen LogP contribution in [0.25, 0.3) is 0 Å². The topological polar surface area (TPSA) is 153 Å². The third kappa shape index (κ3) is 4.41. The van der Waals surface area contributed by atoms with Crippen LogP contribution in [0.5, 0.6) is 5.75 Å². The van der Waals surface area contributed by atoms with Crippen LogP contribution >= 0.6 is 23.5 Å². The number of rotatable bonds is 3. The Labute approximate surface area is 174 Å². The van der Waals surface area contributed by atoms with Gasteiger partial charge >= 0.3 is 11.4 Å². The molecule has 0 radical (unpaired) electrons. The summed E-state index contributed by atoms with van der Waals surface area (Å²) in [4.78, 5) is 30.4. The molecule has 3 aliphatic rings. The van der Waals surface area contributed by atoms with Gasteiger partial charge < -0.3 is 10.0 Å². The fraction of sp³-hybridized carbons (Fsp3) is 0.625. The minimum atomic E-state index is -1.21. The number of nitrogens with zero attached hydrogens (tertiary/aromatic N) is 4. The normalized spacial score (nSPS) is 24.7. The summed E-state index contributed by atoms with van der Waals surface area (Å²) in [6, 6.07) is 2.72. The SMILES string of the molecule is CN1C2CCC1CC1(C2)SCCS1.O=[N+]([O-])c1cc([N+](=O)[O-])c(O)c([N+](=O)[O-])c1. The Kier molecular flexibility index (Phi) is 6.19. The molecule has 3 aliphatic heterocycles. The fourth-order valence-corrected chi connectivity index (χ4v) is 7.57. The van der Waals surface area contributed by atoms with Gasteiger partial charge in [0.15, 0.2) is 0 Å². The molecule has 158 valence electrons. The molecule has 3 saturated heterocycles. The minimum Gasteiger partial charge on any atom is -0.497 e. The molecule has 13 heteroatoms. The van der Waals surface area contributed by atoms with Gasteiger partial charge in [-0.1, -0.05) is 0 Å². The Morgan fingerprint density at radius 3 is 1.79 bits per heavy atom. The molecule has 1 aromatic carbocycles. The van der Waals surface area contributed by atoms with Crippen molar-refractivity contribution in [2.45, 2.75) is 41.8 Å². The Bertz CT molecular complexity index is 796. The number of nitro benzene ring substituents is 3. The van der Waals surface area contributed by atoms with Crippen molar-refractivity contribution in [1.29, 1.82) is 0 Å². The lowest BCUT2D eigenvalue weighted by Crippen LogP contribution is -2.45. The van der Waals surface area contributed by atoms with Crippen LogP contribution in [0.4, 0.5) is 17.1 Å². The summed E-state index contributed by atoms with van der Waals surface area (Å²) in [6.07, 6.45) is 5.83. The van der Waals surface area contributed by atoms with Crippen LogP contribution in [0.15, 0.2) is 12.1 Å². The second-order valence-electron chi connectivity index (χ2n) is 7.17. The number of nitro groups is 3. The Balaban J connectivity index is 0.000000168.